The predicted molar refractivity (Wildman–Crippen MR) is 104 cm³/mol. The standard InChI is InChI=1S/C20H18N6/c21-19-10-18-9-16-4-3-13(24-16)7-12-1-2-14(23-12)8-15-5-6-17(25-15)11-20(19,22)26-18/h1-11,18,23,26H,21-22H2. The lowest BCUT2D eigenvalue weighted by Gasteiger charge is -2.24. The molecule has 6 nitrogen and oxygen atoms in total. The van der Waals surface area contributed by atoms with Crippen LogP contribution in [-0.4, -0.2) is 28.1 Å². The van der Waals surface area contributed by atoms with Gasteiger partial charge in [0.05, 0.1) is 28.9 Å². The Morgan fingerprint density at radius 1 is 0.885 bits per heavy atom. The second-order valence-corrected chi connectivity index (χ2v) is 6.72. The van der Waals surface area contributed by atoms with Crippen LogP contribution in [0.3, 0.4) is 0 Å². The van der Waals surface area contributed by atoms with Crippen LogP contribution in [0.2, 0.25) is 0 Å². The van der Waals surface area contributed by atoms with Crippen molar-refractivity contribution >= 4 is 23.6 Å². The Kier molecular flexibility index (Phi) is 3.12. The maximum absolute atomic E-state index is 6.48. The fourth-order valence-electron chi connectivity index (χ4n) is 3.40. The van der Waals surface area contributed by atoms with E-state index in [1.807, 2.05) is 66.8 Å². The van der Waals surface area contributed by atoms with E-state index in [0.717, 1.165) is 33.5 Å². The molecule has 26 heavy (non-hydrogen) atoms. The number of hydrogen-bond acceptors (Lipinski definition) is 5. The van der Waals surface area contributed by atoms with Crippen molar-refractivity contribution in [3.05, 3.63) is 82.5 Å². The number of aliphatic imine (C=N–C) groups is 2. The van der Waals surface area contributed by atoms with Crippen molar-refractivity contribution in [1.29, 1.82) is 0 Å². The van der Waals surface area contributed by atoms with E-state index in [1.165, 1.54) is 0 Å². The summed E-state index contributed by atoms with van der Waals surface area (Å²) >= 11 is 0. The third kappa shape index (κ3) is 2.61. The Bertz CT molecular complexity index is 1140. The number of H-pyrrole nitrogens is 1. The third-order valence-corrected chi connectivity index (χ3v) is 4.67. The molecule has 128 valence electrons. The van der Waals surface area contributed by atoms with Crippen LogP contribution in [0.15, 0.2) is 81.7 Å². The number of allylic oxidation sites excluding steroid dienone is 4. The normalized spacial score (nSPS) is 28.7. The molecule has 0 radical (unpaired) electrons. The lowest BCUT2D eigenvalue weighted by Crippen LogP contribution is -2.53. The van der Waals surface area contributed by atoms with Crippen LogP contribution >= 0.6 is 0 Å². The van der Waals surface area contributed by atoms with Gasteiger partial charge in [0.25, 0.3) is 0 Å². The van der Waals surface area contributed by atoms with Crippen LogP contribution in [0, 0.1) is 0 Å². The van der Waals surface area contributed by atoms with Gasteiger partial charge in [0.2, 0.25) is 0 Å². The number of nitrogens with two attached hydrogens (primary N) is 2. The Hall–Kier alpha value is -3.22. The summed E-state index contributed by atoms with van der Waals surface area (Å²) in [6, 6.07) is 3.96. The van der Waals surface area contributed by atoms with E-state index in [0.29, 0.717) is 5.70 Å². The summed E-state index contributed by atoms with van der Waals surface area (Å²) in [7, 11) is 0. The molecule has 2 unspecified atom stereocenters. The van der Waals surface area contributed by atoms with Crippen molar-refractivity contribution in [3.63, 3.8) is 0 Å². The molecule has 6 heteroatoms. The summed E-state index contributed by atoms with van der Waals surface area (Å²) in [5, 5.41) is 5.31. The van der Waals surface area contributed by atoms with Gasteiger partial charge in [-0.15, -0.1) is 0 Å². The lowest BCUT2D eigenvalue weighted by molar-refractivity contribution is 0.501. The van der Waals surface area contributed by atoms with Crippen molar-refractivity contribution < 1.29 is 0 Å². The number of fused-ring (bicyclic) bond motifs is 6. The van der Waals surface area contributed by atoms with Crippen LogP contribution in [-0.2, 0) is 0 Å². The van der Waals surface area contributed by atoms with E-state index in [-0.39, 0.29) is 6.04 Å². The zero-order chi connectivity index (χ0) is 17.7. The van der Waals surface area contributed by atoms with Gasteiger partial charge in [0, 0.05) is 16.4 Å². The lowest BCUT2D eigenvalue weighted by atomic mass is 10.1. The van der Waals surface area contributed by atoms with Gasteiger partial charge >= 0.3 is 0 Å². The SMILES string of the molecule is NC1=CC2C=C3C=CC(=N3)C=c3ccc([nH]3)=CC3=NC(=CC1(N)N2)C=C3. The Morgan fingerprint density at radius 3 is 2.27 bits per heavy atom. The molecule has 0 amide bonds. The van der Waals surface area contributed by atoms with Crippen LogP contribution in [0.1, 0.15) is 0 Å². The highest BCUT2D eigenvalue weighted by Gasteiger charge is 2.34. The van der Waals surface area contributed by atoms with Crippen molar-refractivity contribution in [2.75, 3.05) is 0 Å². The second kappa shape index (κ2) is 5.39. The average molecular weight is 342 g/mol. The van der Waals surface area contributed by atoms with E-state index in [9.17, 15) is 0 Å². The zero-order valence-corrected chi connectivity index (χ0v) is 14.0. The topological polar surface area (TPSA) is 105 Å². The number of nitrogens with zero attached hydrogens (tertiary/aromatic N) is 2. The van der Waals surface area contributed by atoms with Gasteiger partial charge < -0.3 is 16.5 Å². The number of hydrogen-bond donors (Lipinski definition) is 4. The average Bonchev–Trinajstić information content (AvgIpc) is 3.33. The molecule has 0 spiro atoms. The number of aromatic nitrogens is 1. The van der Waals surface area contributed by atoms with Crippen LogP contribution in [0.25, 0.3) is 12.2 Å². The molecule has 2 atom stereocenters. The van der Waals surface area contributed by atoms with Gasteiger partial charge in [0.1, 0.15) is 5.66 Å². The zero-order valence-electron chi connectivity index (χ0n) is 14.0. The molecule has 8 bridgehead atoms. The molecule has 5 rings (SSSR count). The first-order valence-corrected chi connectivity index (χ1v) is 8.47. The molecule has 6 N–H and O–H groups in total. The van der Waals surface area contributed by atoms with Gasteiger partial charge in [-0.3, -0.25) is 5.32 Å². The van der Waals surface area contributed by atoms with E-state index in [1.54, 1.807) is 0 Å². The minimum atomic E-state index is -0.933. The Morgan fingerprint density at radius 2 is 1.54 bits per heavy atom. The van der Waals surface area contributed by atoms with Crippen LogP contribution < -0.4 is 27.5 Å². The highest BCUT2D eigenvalue weighted by Crippen LogP contribution is 2.23. The van der Waals surface area contributed by atoms with E-state index in [2.05, 4.69) is 20.3 Å². The molecule has 4 aliphatic heterocycles. The smallest absolute Gasteiger partial charge is 0.129 e. The third-order valence-electron chi connectivity index (χ3n) is 4.67. The largest absolute Gasteiger partial charge is 0.399 e. The van der Waals surface area contributed by atoms with Crippen molar-refractivity contribution in [2.24, 2.45) is 21.5 Å². The summed E-state index contributed by atoms with van der Waals surface area (Å²) in [6.45, 7) is 0. The van der Waals surface area contributed by atoms with Gasteiger partial charge in [-0.05, 0) is 66.8 Å². The molecular formula is C20H18N6. The minimum Gasteiger partial charge on any atom is -0.399 e. The molecule has 0 saturated heterocycles. The highest BCUT2D eigenvalue weighted by molar-refractivity contribution is 6.20. The molecule has 4 aliphatic rings. The molecule has 1 aromatic heterocycles. The summed E-state index contributed by atoms with van der Waals surface area (Å²) < 4.78 is 0. The van der Waals surface area contributed by atoms with Gasteiger partial charge in [-0.2, -0.15) is 0 Å². The molecule has 1 aromatic rings. The van der Waals surface area contributed by atoms with Gasteiger partial charge in [-0.25, -0.2) is 9.98 Å². The second-order valence-electron chi connectivity index (χ2n) is 6.72. The molecule has 0 fully saturated rings. The Balaban J connectivity index is 1.69. The maximum atomic E-state index is 6.48. The number of nitrogens with one attached hydrogen (secondary N) is 2. The molecule has 5 heterocycles. The van der Waals surface area contributed by atoms with Crippen molar-refractivity contribution in [3.8, 4) is 0 Å². The minimum absolute atomic E-state index is 0.0926. The fraction of sp³-hybridized carbons (Fsp3) is 0.100. The van der Waals surface area contributed by atoms with Crippen molar-refractivity contribution in [1.82, 2.24) is 10.3 Å². The summed E-state index contributed by atoms with van der Waals surface area (Å²) in [5.41, 5.74) is 15.7. The van der Waals surface area contributed by atoms with Gasteiger partial charge in [-0.1, -0.05) is 0 Å². The first-order chi connectivity index (χ1) is 12.6. The summed E-state index contributed by atoms with van der Waals surface area (Å²) in [5.74, 6) is 0. The first-order valence-electron chi connectivity index (χ1n) is 8.47. The van der Waals surface area contributed by atoms with Gasteiger partial charge in [0.15, 0.2) is 0 Å². The van der Waals surface area contributed by atoms with E-state index in [4.69, 9.17) is 11.5 Å². The van der Waals surface area contributed by atoms with Crippen LogP contribution in [0.5, 0.6) is 0 Å². The molecular weight excluding hydrogens is 324 g/mol. The van der Waals surface area contributed by atoms with Crippen LogP contribution in [0.4, 0.5) is 0 Å². The predicted octanol–water partition coefficient (Wildman–Crippen LogP) is -0.152. The highest BCUT2D eigenvalue weighted by atomic mass is 15.2. The summed E-state index contributed by atoms with van der Waals surface area (Å²) in [6.07, 6.45) is 17.7. The fourth-order valence-corrected chi connectivity index (χ4v) is 3.40. The molecule has 0 saturated carbocycles. The first kappa shape index (κ1) is 15.1. The monoisotopic (exact) mass is 342 g/mol. The van der Waals surface area contributed by atoms with Crippen molar-refractivity contribution in [2.45, 2.75) is 11.7 Å². The Labute approximate surface area is 150 Å². The quantitative estimate of drug-likeness (QED) is 0.527. The number of aromatic amines is 1. The molecule has 0 aromatic carbocycles. The summed E-state index contributed by atoms with van der Waals surface area (Å²) in [4.78, 5) is 12.6. The van der Waals surface area contributed by atoms with E-state index < -0.39 is 5.66 Å². The number of rotatable bonds is 0. The molecule has 0 aliphatic carbocycles. The van der Waals surface area contributed by atoms with E-state index >= 15 is 0 Å². The maximum Gasteiger partial charge on any atom is 0.129 e.